The largest absolute Gasteiger partial charge is 0.497 e. The second kappa shape index (κ2) is 7.00. The van der Waals surface area contributed by atoms with Crippen LogP contribution in [0.5, 0.6) is 11.5 Å². The van der Waals surface area contributed by atoms with Gasteiger partial charge in [-0.2, -0.15) is 0 Å². The molecule has 3 aromatic rings. The topological polar surface area (TPSA) is 90.7 Å². The van der Waals surface area contributed by atoms with E-state index in [1.165, 1.54) is 25.6 Å². The first-order chi connectivity index (χ1) is 12.3. The normalized spacial score (nSPS) is 11.4. The predicted octanol–water partition coefficient (Wildman–Crippen LogP) is 3.84. The van der Waals surface area contributed by atoms with Gasteiger partial charge in [0.25, 0.3) is 10.0 Å². The Bertz CT molecular complexity index is 1040. The van der Waals surface area contributed by atoms with E-state index in [0.717, 1.165) is 5.69 Å². The van der Waals surface area contributed by atoms with E-state index in [1.54, 1.807) is 37.3 Å². The minimum atomic E-state index is -3.80. The number of aryl methyl sites for hydroxylation is 2. The van der Waals surface area contributed by atoms with Gasteiger partial charge in [0.05, 0.1) is 30.5 Å². The number of hydrogen-bond acceptors (Lipinski definition) is 7. The summed E-state index contributed by atoms with van der Waals surface area (Å²) >= 11 is 1.33. The molecule has 26 heavy (non-hydrogen) atoms. The lowest BCUT2D eigenvalue weighted by atomic mass is 10.3. The van der Waals surface area contributed by atoms with E-state index in [4.69, 9.17) is 14.0 Å². The van der Waals surface area contributed by atoms with E-state index in [1.807, 2.05) is 6.92 Å². The lowest BCUT2D eigenvalue weighted by Crippen LogP contribution is -2.13. The summed E-state index contributed by atoms with van der Waals surface area (Å²) in [7, 11) is -0.806. The van der Waals surface area contributed by atoms with Gasteiger partial charge in [-0.05, 0) is 32.0 Å². The second-order valence-electron chi connectivity index (χ2n) is 5.54. The minimum absolute atomic E-state index is 0.185. The van der Waals surface area contributed by atoms with Crippen molar-refractivity contribution in [2.24, 2.45) is 0 Å². The summed E-state index contributed by atoms with van der Waals surface area (Å²) in [4.78, 5) is 1.53. The smallest absolute Gasteiger partial charge is 0.263 e. The zero-order valence-corrected chi connectivity index (χ0v) is 16.3. The van der Waals surface area contributed by atoms with Crippen LogP contribution in [0.25, 0.3) is 10.6 Å². The van der Waals surface area contributed by atoms with Gasteiger partial charge in [-0.25, -0.2) is 8.42 Å². The molecule has 0 saturated carbocycles. The number of nitrogens with zero attached hydrogens (tertiary/aromatic N) is 1. The van der Waals surface area contributed by atoms with Crippen molar-refractivity contribution in [2.45, 2.75) is 18.7 Å². The van der Waals surface area contributed by atoms with Crippen LogP contribution in [-0.2, 0) is 10.0 Å². The molecular weight excluding hydrogens is 376 g/mol. The molecule has 2 aromatic heterocycles. The molecular formula is C17H18N2O5S2. The number of sulfonamides is 1. The highest BCUT2D eigenvalue weighted by Gasteiger charge is 2.23. The number of ether oxygens (including phenoxy) is 2. The van der Waals surface area contributed by atoms with Crippen LogP contribution in [0.4, 0.5) is 5.69 Å². The average molecular weight is 394 g/mol. The maximum Gasteiger partial charge on any atom is 0.263 e. The summed E-state index contributed by atoms with van der Waals surface area (Å²) in [5.41, 5.74) is 1.06. The zero-order valence-electron chi connectivity index (χ0n) is 14.7. The van der Waals surface area contributed by atoms with Crippen LogP contribution in [0.2, 0.25) is 0 Å². The van der Waals surface area contributed by atoms with Gasteiger partial charge in [0.1, 0.15) is 16.4 Å². The third kappa shape index (κ3) is 3.54. The number of thiophene rings is 1. The average Bonchev–Trinajstić information content (AvgIpc) is 3.21. The van der Waals surface area contributed by atoms with Crippen molar-refractivity contribution in [3.63, 3.8) is 0 Å². The van der Waals surface area contributed by atoms with Crippen LogP contribution in [0.15, 0.2) is 39.8 Å². The zero-order chi connectivity index (χ0) is 18.9. The van der Waals surface area contributed by atoms with Crippen LogP contribution in [0.1, 0.15) is 10.6 Å². The SMILES string of the molecule is COc1ccc(NS(=O)(=O)c2cc(-c3cc(C)no3)sc2C)c(OC)c1. The Morgan fingerprint density at radius 3 is 2.50 bits per heavy atom. The van der Waals surface area contributed by atoms with Gasteiger partial charge in [-0.3, -0.25) is 4.72 Å². The Morgan fingerprint density at radius 2 is 1.88 bits per heavy atom. The molecule has 3 rings (SSSR count). The van der Waals surface area contributed by atoms with Gasteiger partial charge in [-0.15, -0.1) is 11.3 Å². The van der Waals surface area contributed by atoms with Crippen LogP contribution < -0.4 is 14.2 Å². The molecule has 0 aliphatic heterocycles. The Balaban J connectivity index is 1.95. The molecule has 138 valence electrons. The highest BCUT2D eigenvalue weighted by molar-refractivity contribution is 7.93. The van der Waals surface area contributed by atoms with Gasteiger partial charge in [0.2, 0.25) is 0 Å². The van der Waals surface area contributed by atoms with Gasteiger partial charge >= 0.3 is 0 Å². The Kier molecular flexibility index (Phi) is 4.92. The summed E-state index contributed by atoms with van der Waals surface area (Å²) in [6, 6.07) is 8.21. The van der Waals surface area contributed by atoms with Crippen molar-refractivity contribution in [3.05, 3.63) is 40.9 Å². The van der Waals surface area contributed by atoms with Crippen LogP contribution in [-0.4, -0.2) is 27.8 Å². The molecule has 0 spiro atoms. The van der Waals surface area contributed by atoms with Crippen LogP contribution in [0, 0.1) is 13.8 Å². The fraction of sp³-hybridized carbons (Fsp3) is 0.235. The van der Waals surface area contributed by atoms with Crippen molar-refractivity contribution in [1.29, 1.82) is 0 Å². The molecule has 0 aliphatic carbocycles. The number of methoxy groups -OCH3 is 2. The third-order valence-corrected chi connectivity index (χ3v) is 6.37. The number of rotatable bonds is 6. The molecule has 1 N–H and O–H groups in total. The highest BCUT2D eigenvalue weighted by atomic mass is 32.2. The van der Waals surface area contributed by atoms with Gasteiger partial charge < -0.3 is 14.0 Å². The van der Waals surface area contributed by atoms with Crippen molar-refractivity contribution in [1.82, 2.24) is 5.16 Å². The molecule has 1 aromatic carbocycles. The van der Waals surface area contributed by atoms with Gasteiger partial charge in [0, 0.05) is 17.0 Å². The number of benzene rings is 1. The first kappa shape index (κ1) is 18.3. The van der Waals surface area contributed by atoms with Crippen LogP contribution >= 0.6 is 11.3 Å². The summed E-state index contributed by atoms with van der Waals surface area (Å²) in [6.07, 6.45) is 0. The standard InChI is InChI=1S/C17H18N2O5S2/c1-10-7-15(24-18-10)16-9-17(11(2)25-16)26(20,21)19-13-6-5-12(22-3)8-14(13)23-4/h5-9,19H,1-4H3. The number of hydrogen-bond donors (Lipinski definition) is 1. The van der Waals surface area contributed by atoms with Crippen molar-refractivity contribution in [3.8, 4) is 22.1 Å². The number of nitrogens with one attached hydrogen (secondary N) is 1. The first-order valence-electron chi connectivity index (χ1n) is 7.63. The molecule has 0 saturated heterocycles. The Labute approximate surface area is 155 Å². The van der Waals surface area contributed by atoms with E-state index < -0.39 is 10.0 Å². The minimum Gasteiger partial charge on any atom is -0.497 e. The highest BCUT2D eigenvalue weighted by Crippen LogP contribution is 2.36. The summed E-state index contributed by atoms with van der Waals surface area (Å²) < 4.78 is 43.9. The van der Waals surface area contributed by atoms with Crippen molar-refractivity contribution >= 4 is 27.0 Å². The second-order valence-corrected chi connectivity index (χ2v) is 8.44. The third-order valence-electron chi connectivity index (χ3n) is 3.69. The van der Waals surface area contributed by atoms with Crippen molar-refractivity contribution in [2.75, 3.05) is 18.9 Å². The van der Waals surface area contributed by atoms with Gasteiger partial charge in [0.15, 0.2) is 5.76 Å². The van der Waals surface area contributed by atoms with Crippen LogP contribution in [0.3, 0.4) is 0 Å². The fourth-order valence-electron chi connectivity index (χ4n) is 2.42. The Hall–Kier alpha value is -2.52. The van der Waals surface area contributed by atoms with E-state index in [0.29, 0.717) is 32.7 Å². The van der Waals surface area contributed by atoms with E-state index >= 15 is 0 Å². The molecule has 0 unspecified atom stereocenters. The summed E-state index contributed by atoms with van der Waals surface area (Å²) in [5, 5.41) is 3.84. The molecule has 7 nitrogen and oxygen atoms in total. The summed E-state index contributed by atoms with van der Waals surface area (Å²) in [6.45, 7) is 3.56. The molecule has 0 radical (unpaired) electrons. The number of anilines is 1. The van der Waals surface area contributed by atoms with Crippen molar-refractivity contribution < 1.29 is 22.4 Å². The quantitative estimate of drug-likeness (QED) is 0.683. The lowest BCUT2D eigenvalue weighted by Gasteiger charge is -2.12. The van der Waals surface area contributed by atoms with E-state index in [-0.39, 0.29) is 4.90 Å². The molecule has 0 fully saturated rings. The lowest BCUT2D eigenvalue weighted by molar-refractivity contribution is 0.395. The predicted molar refractivity (Wildman–Crippen MR) is 99.6 cm³/mol. The maximum absolute atomic E-state index is 12.9. The molecule has 2 heterocycles. The number of aromatic nitrogens is 1. The van der Waals surface area contributed by atoms with E-state index in [9.17, 15) is 8.42 Å². The first-order valence-corrected chi connectivity index (χ1v) is 9.93. The van der Waals surface area contributed by atoms with Gasteiger partial charge in [-0.1, -0.05) is 5.16 Å². The summed E-state index contributed by atoms with van der Waals surface area (Å²) in [5.74, 6) is 1.48. The molecule has 9 heteroatoms. The molecule has 0 amide bonds. The Morgan fingerprint density at radius 1 is 1.12 bits per heavy atom. The molecule has 0 aliphatic rings. The molecule has 0 bridgehead atoms. The van der Waals surface area contributed by atoms with E-state index in [2.05, 4.69) is 9.88 Å². The monoisotopic (exact) mass is 394 g/mol. The fourth-order valence-corrected chi connectivity index (χ4v) is 5.03. The maximum atomic E-state index is 12.9. The molecule has 0 atom stereocenters.